The van der Waals surface area contributed by atoms with Crippen molar-refractivity contribution in [3.63, 3.8) is 0 Å². The number of hydrogen-bond acceptors (Lipinski definition) is 4. The molecule has 2 heterocycles. The second kappa shape index (κ2) is 8.57. The molecular weight excluding hydrogens is 462 g/mol. The maximum absolute atomic E-state index is 10.8. The van der Waals surface area contributed by atoms with Crippen LogP contribution < -0.4 is 11.1 Å². The maximum Gasteiger partial charge on any atom is 0.146 e. The molecule has 2 unspecified atom stereocenters. The third-order valence-electron chi connectivity index (χ3n) is 5.89. The molecule has 0 saturated heterocycles. The Morgan fingerprint density at radius 1 is 0.647 bits per heavy atom. The first-order valence-electron chi connectivity index (χ1n) is 10.6. The van der Waals surface area contributed by atoms with Crippen molar-refractivity contribution >= 4 is 72.9 Å². The van der Waals surface area contributed by atoms with Gasteiger partial charge in [0.2, 0.25) is 0 Å². The molecule has 4 aromatic carbocycles. The first-order chi connectivity index (χ1) is 16.7. The van der Waals surface area contributed by atoms with Crippen LogP contribution >= 0.6 is 17.2 Å². The van der Waals surface area contributed by atoms with E-state index in [-0.39, 0.29) is 17.2 Å². The van der Waals surface area contributed by atoms with E-state index in [0.29, 0.717) is 11.1 Å². The van der Waals surface area contributed by atoms with E-state index in [0.717, 1.165) is 56.2 Å². The Bertz CT molecular complexity index is 1720. The minimum Gasteiger partial charge on any atom is -0.338 e. The van der Waals surface area contributed by atoms with Gasteiger partial charge in [-0.1, -0.05) is 30.3 Å². The van der Waals surface area contributed by atoms with Crippen molar-refractivity contribution in [3.05, 3.63) is 72.9 Å². The number of hydrogen-bond donors (Lipinski definition) is 2. The molecule has 0 aliphatic heterocycles. The summed E-state index contributed by atoms with van der Waals surface area (Å²) in [4.78, 5) is 36.8. The van der Waals surface area contributed by atoms with Gasteiger partial charge in [0.1, 0.15) is 23.2 Å². The lowest BCUT2D eigenvalue weighted by atomic mass is 9.97. The molecule has 6 rings (SSSR count). The maximum atomic E-state index is 10.8. The minimum atomic E-state index is 0.0354. The van der Waals surface area contributed by atoms with Gasteiger partial charge in [-0.15, -0.1) is 0 Å². The molecule has 0 bridgehead atoms. The van der Waals surface area contributed by atoms with Crippen molar-refractivity contribution in [2.45, 2.75) is 0 Å². The molecule has 2 aromatic heterocycles. The molecule has 0 fully saturated rings. The van der Waals surface area contributed by atoms with Crippen LogP contribution in [-0.4, -0.2) is 32.0 Å². The molecular formula is C26H18N4O2P2. The lowest BCUT2D eigenvalue weighted by molar-refractivity contribution is 0.569. The second-order valence-corrected chi connectivity index (χ2v) is 9.96. The molecule has 34 heavy (non-hydrogen) atoms. The van der Waals surface area contributed by atoms with Crippen molar-refractivity contribution < 1.29 is 9.59 Å². The predicted octanol–water partition coefficient (Wildman–Crippen LogP) is 4.91. The number of nitrogens with one attached hydrogen (secondary N) is 2. The van der Waals surface area contributed by atoms with E-state index in [2.05, 4.69) is 80.6 Å². The molecule has 0 aliphatic rings. The average Bonchev–Trinajstić information content (AvgIpc) is 3.48. The molecule has 0 spiro atoms. The molecule has 8 heteroatoms. The van der Waals surface area contributed by atoms with Gasteiger partial charge in [0, 0.05) is 22.7 Å². The van der Waals surface area contributed by atoms with Gasteiger partial charge in [-0.3, -0.25) is 9.59 Å². The van der Waals surface area contributed by atoms with Crippen molar-refractivity contribution in [2.24, 2.45) is 0 Å². The van der Waals surface area contributed by atoms with E-state index in [4.69, 9.17) is 0 Å². The fourth-order valence-electron chi connectivity index (χ4n) is 4.25. The number of H-pyrrole nitrogens is 2. The lowest BCUT2D eigenvalue weighted by Gasteiger charge is -2.08. The van der Waals surface area contributed by atoms with Gasteiger partial charge < -0.3 is 9.97 Å². The van der Waals surface area contributed by atoms with Crippen molar-refractivity contribution in [1.82, 2.24) is 19.9 Å². The van der Waals surface area contributed by atoms with Crippen molar-refractivity contribution in [3.8, 4) is 22.4 Å². The van der Waals surface area contributed by atoms with Gasteiger partial charge >= 0.3 is 0 Å². The predicted molar refractivity (Wildman–Crippen MR) is 144 cm³/mol. The summed E-state index contributed by atoms with van der Waals surface area (Å²) in [5.41, 5.74) is 7.39. The number of fused-ring (bicyclic) bond motifs is 3. The second-order valence-electron chi connectivity index (χ2n) is 7.96. The van der Waals surface area contributed by atoms with Gasteiger partial charge in [0.25, 0.3) is 0 Å². The Kier molecular flexibility index (Phi) is 5.26. The monoisotopic (exact) mass is 480 g/mol. The lowest BCUT2D eigenvalue weighted by Crippen LogP contribution is -1.97. The molecule has 2 atom stereocenters. The highest BCUT2D eigenvalue weighted by atomic mass is 31.1. The summed E-state index contributed by atoms with van der Waals surface area (Å²) in [5.74, 6) is 0. The van der Waals surface area contributed by atoms with Crippen molar-refractivity contribution in [1.29, 1.82) is 0 Å². The van der Waals surface area contributed by atoms with E-state index >= 15 is 0 Å². The number of carbonyl (C=O) groups is 2. The summed E-state index contributed by atoms with van der Waals surface area (Å²) in [5, 5.41) is 4.64. The topological polar surface area (TPSA) is 91.5 Å². The number of aromatic nitrogens is 4. The zero-order valence-electron chi connectivity index (χ0n) is 17.8. The first kappa shape index (κ1) is 20.9. The number of nitrogens with zero attached hydrogens (tertiary/aromatic N) is 2. The van der Waals surface area contributed by atoms with Gasteiger partial charge in [0.05, 0.1) is 22.9 Å². The number of imidazole rings is 2. The number of aromatic amines is 2. The van der Waals surface area contributed by atoms with Crippen LogP contribution in [0.2, 0.25) is 0 Å². The number of benzene rings is 4. The Hall–Kier alpha value is -3.72. The Morgan fingerprint density at radius 3 is 2.06 bits per heavy atom. The summed E-state index contributed by atoms with van der Waals surface area (Å²) in [6.07, 6.45) is 1.78. The Balaban J connectivity index is 1.38. The third-order valence-corrected chi connectivity index (χ3v) is 7.16. The molecule has 6 aromatic rings. The fourth-order valence-corrected chi connectivity index (χ4v) is 5.22. The van der Waals surface area contributed by atoms with E-state index in [1.165, 1.54) is 10.8 Å². The Labute approximate surface area is 197 Å². The van der Waals surface area contributed by atoms with Crippen LogP contribution in [0.3, 0.4) is 0 Å². The fraction of sp³-hybridized carbons (Fsp3) is 0. The summed E-state index contributed by atoms with van der Waals surface area (Å²) in [7, 11) is 0.0721. The molecule has 164 valence electrons. The summed E-state index contributed by atoms with van der Waals surface area (Å²) >= 11 is 0. The van der Waals surface area contributed by atoms with E-state index in [9.17, 15) is 9.59 Å². The van der Waals surface area contributed by atoms with Crippen LogP contribution in [0.25, 0.3) is 55.0 Å². The normalized spacial score (nSPS) is 12.1. The van der Waals surface area contributed by atoms with E-state index in [1.807, 2.05) is 6.07 Å². The number of carbonyl (C=O) groups excluding carboxylic acids is 2. The highest BCUT2D eigenvalue weighted by Gasteiger charge is 2.08. The standard InChI is InChI=1S/C26H18N4O2P2/c31-13-33-25-27-12-24(30-25)19-4-3-17-8-20-7-15(1-2-16(20)9-21(17)10-19)18-5-6-22-23(11-18)29-26(28-22)34-14-32/h1-14,33-34H,(H,27,30)(H,28,29). The summed E-state index contributed by atoms with van der Waals surface area (Å²) in [6.45, 7) is 0. The van der Waals surface area contributed by atoms with Gasteiger partial charge in [-0.2, -0.15) is 0 Å². The zero-order valence-corrected chi connectivity index (χ0v) is 19.8. The SMILES string of the molecule is O=CPc1ncc(-c2ccc3cc4cc(-c5ccc6nc(PC=O)[nH]c6c5)ccc4cc3c2)[nH]1. The average molecular weight is 480 g/mol. The highest BCUT2D eigenvalue weighted by Crippen LogP contribution is 2.31. The van der Waals surface area contributed by atoms with Crippen LogP contribution in [0.5, 0.6) is 0 Å². The van der Waals surface area contributed by atoms with Crippen LogP contribution in [-0.2, 0) is 9.59 Å². The smallest absolute Gasteiger partial charge is 0.146 e. The van der Waals surface area contributed by atoms with Crippen molar-refractivity contribution in [2.75, 3.05) is 0 Å². The number of rotatable bonds is 6. The van der Waals surface area contributed by atoms with Crippen LogP contribution in [0.15, 0.2) is 72.9 Å². The van der Waals surface area contributed by atoms with Crippen LogP contribution in [0.1, 0.15) is 0 Å². The highest BCUT2D eigenvalue weighted by molar-refractivity contribution is 7.62. The zero-order chi connectivity index (χ0) is 23.1. The van der Waals surface area contributed by atoms with E-state index < -0.39 is 0 Å². The largest absolute Gasteiger partial charge is 0.338 e. The molecule has 0 saturated carbocycles. The van der Waals surface area contributed by atoms with Gasteiger partial charge in [0.15, 0.2) is 0 Å². The molecule has 0 amide bonds. The van der Waals surface area contributed by atoms with E-state index in [1.54, 1.807) is 6.20 Å². The quantitative estimate of drug-likeness (QED) is 0.201. The Morgan fingerprint density at radius 2 is 1.29 bits per heavy atom. The third kappa shape index (κ3) is 3.81. The molecule has 6 nitrogen and oxygen atoms in total. The van der Waals surface area contributed by atoms with Gasteiger partial charge in [-0.25, -0.2) is 9.97 Å². The first-order valence-corrected chi connectivity index (χ1v) is 12.8. The molecule has 2 N–H and O–H groups in total. The van der Waals surface area contributed by atoms with Crippen LogP contribution in [0, 0.1) is 0 Å². The minimum absolute atomic E-state index is 0.0354. The summed E-state index contributed by atoms with van der Waals surface area (Å²) in [6, 6.07) is 25.1. The van der Waals surface area contributed by atoms with Crippen LogP contribution in [0.4, 0.5) is 0 Å². The molecule has 0 radical (unpaired) electrons. The summed E-state index contributed by atoms with van der Waals surface area (Å²) < 4.78 is 0. The van der Waals surface area contributed by atoms with Gasteiger partial charge in [-0.05, 0) is 69.1 Å². The molecule has 0 aliphatic carbocycles.